The summed E-state index contributed by atoms with van der Waals surface area (Å²) in [5.74, 6) is 0.843. The Morgan fingerprint density at radius 3 is 2.73 bits per heavy atom. The fourth-order valence-electron chi connectivity index (χ4n) is 1.16. The van der Waals surface area contributed by atoms with Gasteiger partial charge in [-0.2, -0.15) is 4.98 Å². The minimum Gasteiger partial charge on any atom is -0.506 e. The zero-order valence-electron chi connectivity index (χ0n) is 7.98. The third kappa shape index (κ3) is 1.73. The molecule has 1 aromatic heterocycles. The van der Waals surface area contributed by atoms with Crippen molar-refractivity contribution in [3.8, 4) is 17.1 Å². The molecule has 0 aliphatic heterocycles. The van der Waals surface area contributed by atoms with E-state index in [1.165, 1.54) is 10.7 Å². The van der Waals surface area contributed by atoms with Gasteiger partial charge in [0.2, 0.25) is 5.95 Å². The first-order chi connectivity index (χ1) is 7.08. The third-order valence-corrected chi connectivity index (χ3v) is 2.31. The van der Waals surface area contributed by atoms with E-state index in [0.29, 0.717) is 17.3 Å². The lowest BCUT2D eigenvalue weighted by molar-refractivity contribution is 0.475. The van der Waals surface area contributed by atoms with Crippen molar-refractivity contribution in [1.82, 2.24) is 14.8 Å². The Bertz CT molecular complexity index is 489. The van der Waals surface area contributed by atoms with Crippen molar-refractivity contribution >= 4 is 17.5 Å². The number of nitrogens with two attached hydrogens (primary N) is 1. The minimum atomic E-state index is 0.0318. The van der Waals surface area contributed by atoms with Gasteiger partial charge in [-0.25, -0.2) is 4.68 Å². The number of nitrogens with zero attached hydrogens (tertiary/aromatic N) is 3. The van der Waals surface area contributed by atoms with Gasteiger partial charge >= 0.3 is 0 Å². The molecule has 0 radical (unpaired) electrons. The normalized spacial score (nSPS) is 10.5. The zero-order chi connectivity index (χ0) is 11.0. The molecule has 0 bridgehead atoms. The number of benzene rings is 1. The molecule has 0 atom stereocenters. The van der Waals surface area contributed by atoms with Crippen LogP contribution in [-0.2, 0) is 7.05 Å². The molecule has 15 heavy (non-hydrogen) atoms. The number of halogens is 1. The van der Waals surface area contributed by atoms with Crippen molar-refractivity contribution in [3.63, 3.8) is 0 Å². The van der Waals surface area contributed by atoms with Crippen molar-refractivity contribution in [2.45, 2.75) is 0 Å². The van der Waals surface area contributed by atoms with E-state index in [2.05, 4.69) is 10.1 Å². The van der Waals surface area contributed by atoms with Crippen molar-refractivity contribution in [2.75, 3.05) is 5.73 Å². The molecule has 0 saturated carbocycles. The summed E-state index contributed by atoms with van der Waals surface area (Å²) in [5.41, 5.74) is 6.27. The highest BCUT2D eigenvalue weighted by Gasteiger charge is 2.08. The van der Waals surface area contributed by atoms with Gasteiger partial charge in [0.05, 0.1) is 5.02 Å². The van der Waals surface area contributed by atoms with Crippen LogP contribution in [-0.4, -0.2) is 19.9 Å². The Morgan fingerprint density at radius 2 is 2.20 bits per heavy atom. The van der Waals surface area contributed by atoms with Crippen LogP contribution in [0.3, 0.4) is 0 Å². The predicted octanol–water partition coefficient (Wildman–Crippen LogP) is 1.42. The summed E-state index contributed by atoms with van der Waals surface area (Å²) in [5, 5.41) is 13.6. The molecular formula is C9H9ClN4O. The lowest BCUT2D eigenvalue weighted by Crippen LogP contribution is -1.97. The Balaban J connectivity index is 2.49. The van der Waals surface area contributed by atoms with E-state index in [-0.39, 0.29) is 10.8 Å². The second kappa shape index (κ2) is 3.43. The van der Waals surface area contributed by atoms with Crippen LogP contribution in [0.5, 0.6) is 5.75 Å². The first kappa shape index (κ1) is 9.79. The Labute approximate surface area is 91.1 Å². The standard InChI is InChI=1S/C9H9ClN4O/c1-14-9(11)12-8(13-14)5-2-3-7(15)6(10)4-5/h2-4,15H,1H3,(H2,11,12,13). The first-order valence-corrected chi connectivity index (χ1v) is 4.61. The van der Waals surface area contributed by atoms with Crippen LogP contribution in [0.1, 0.15) is 0 Å². The largest absolute Gasteiger partial charge is 0.506 e. The van der Waals surface area contributed by atoms with Gasteiger partial charge in [0, 0.05) is 12.6 Å². The van der Waals surface area contributed by atoms with E-state index >= 15 is 0 Å². The number of rotatable bonds is 1. The Morgan fingerprint density at radius 1 is 1.47 bits per heavy atom. The highest BCUT2D eigenvalue weighted by Crippen LogP contribution is 2.27. The van der Waals surface area contributed by atoms with Crippen molar-refractivity contribution < 1.29 is 5.11 Å². The van der Waals surface area contributed by atoms with Gasteiger partial charge in [0.1, 0.15) is 5.75 Å². The van der Waals surface area contributed by atoms with Crippen molar-refractivity contribution in [1.29, 1.82) is 0 Å². The molecule has 2 rings (SSSR count). The fourth-order valence-corrected chi connectivity index (χ4v) is 1.35. The highest BCUT2D eigenvalue weighted by molar-refractivity contribution is 6.32. The number of aromatic nitrogens is 3. The topological polar surface area (TPSA) is 77.0 Å². The minimum absolute atomic E-state index is 0.0318. The molecule has 78 valence electrons. The summed E-state index contributed by atoms with van der Waals surface area (Å²) in [6, 6.07) is 4.76. The van der Waals surface area contributed by atoms with Gasteiger partial charge < -0.3 is 10.8 Å². The smallest absolute Gasteiger partial charge is 0.218 e. The third-order valence-electron chi connectivity index (χ3n) is 2.00. The van der Waals surface area contributed by atoms with Crippen molar-refractivity contribution in [2.24, 2.45) is 7.05 Å². The average molecular weight is 225 g/mol. The molecule has 0 saturated heterocycles. The van der Waals surface area contributed by atoms with E-state index in [1.54, 1.807) is 19.2 Å². The van der Waals surface area contributed by atoms with E-state index in [4.69, 9.17) is 17.3 Å². The predicted molar refractivity (Wildman–Crippen MR) is 57.5 cm³/mol. The second-order valence-corrected chi connectivity index (χ2v) is 3.49. The number of phenolic OH excluding ortho intramolecular Hbond substituents is 1. The summed E-state index contributed by atoms with van der Waals surface area (Å²) in [6.07, 6.45) is 0. The second-order valence-electron chi connectivity index (χ2n) is 3.08. The molecule has 0 unspecified atom stereocenters. The molecule has 0 aliphatic carbocycles. The maximum absolute atomic E-state index is 9.25. The summed E-state index contributed by atoms with van der Waals surface area (Å²) in [7, 11) is 1.70. The maximum Gasteiger partial charge on any atom is 0.218 e. The summed E-state index contributed by atoms with van der Waals surface area (Å²) >= 11 is 5.77. The molecule has 0 fully saturated rings. The summed E-state index contributed by atoms with van der Waals surface area (Å²) in [4.78, 5) is 4.04. The van der Waals surface area contributed by atoms with Gasteiger partial charge in [-0.15, -0.1) is 5.10 Å². The number of hydrogen-bond donors (Lipinski definition) is 2. The molecule has 3 N–H and O–H groups in total. The molecule has 0 amide bonds. The van der Waals surface area contributed by atoms with Gasteiger partial charge in [0.15, 0.2) is 5.82 Å². The number of phenols is 1. The van der Waals surface area contributed by atoms with E-state index < -0.39 is 0 Å². The summed E-state index contributed by atoms with van der Waals surface area (Å²) in [6.45, 7) is 0. The molecule has 0 aliphatic rings. The van der Waals surface area contributed by atoms with Crippen LogP contribution < -0.4 is 5.73 Å². The monoisotopic (exact) mass is 224 g/mol. The molecule has 2 aromatic rings. The van der Waals surface area contributed by atoms with E-state index in [1.807, 2.05) is 0 Å². The molecule has 1 aromatic carbocycles. The number of aryl methyl sites for hydroxylation is 1. The van der Waals surface area contributed by atoms with Gasteiger partial charge in [-0.1, -0.05) is 11.6 Å². The van der Waals surface area contributed by atoms with E-state index in [9.17, 15) is 5.11 Å². The zero-order valence-corrected chi connectivity index (χ0v) is 8.73. The quantitative estimate of drug-likeness (QED) is 0.768. The fraction of sp³-hybridized carbons (Fsp3) is 0.111. The lowest BCUT2D eigenvalue weighted by atomic mass is 10.2. The van der Waals surface area contributed by atoms with Crippen LogP contribution in [0.25, 0.3) is 11.4 Å². The van der Waals surface area contributed by atoms with Crippen LogP contribution >= 0.6 is 11.6 Å². The van der Waals surface area contributed by atoms with Gasteiger partial charge in [-0.3, -0.25) is 0 Å². The van der Waals surface area contributed by atoms with Crippen LogP contribution in [0.2, 0.25) is 5.02 Å². The van der Waals surface area contributed by atoms with Crippen molar-refractivity contribution in [3.05, 3.63) is 23.2 Å². The van der Waals surface area contributed by atoms with Crippen LogP contribution in [0, 0.1) is 0 Å². The van der Waals surface area contributed by atoms with Crippen LogP contribution in [0.15, 0.2) is 18.2 Å². The SMILES string of the molecule is Cn1nc(-c2ccc(O)c(Cl)c2)nc1N. The summed E-state index contributed by atoms with van der Waals surface area (Å²) < 4.78 is 1.47. The maximum atomic E-state index is 9.25. The molecule has 0 spiro atoms. The number of hydrogen-bond acceptors (Lipinski definition) is 4. The molecule has 1 heterocycles. The van der Waals surface area contributed by atoms with Gasteiger partial charge in [-0.05, 0) is 18.2 Å². The van der Waals surface area contributed by atoms with Gasteiger partial charge in [0.25, 0.3) is 0 Å². The number of aromatic hydroxyl groups is 1. The molecular weight excluding hydrogens is 216 g/mol. The number of anilines is 1. The first-order valence-electron chi connectivity index (χ1n) is 4.23. The van der Waals surface area contributed by atoms with Crippen LogP contribution in [0.4, 0.5) is 5.95 Å². The number of nitrogen functional groups attached to an aromatic ring is 1. The Kier molecular flexibility index (Phi) is 2.24. The average Bonchev–Trinajstić information content (AvgIpc) is 2.52. The Hall–Kier alpha value is -1.75. The molecule has 5 nitrogen and oxygen atoms in total. The molecule has 6 heteroatoms. The van der Waals surface area contributed by atoms with E-state index in [0.717, 1.165) is 0 Å². The highest BCUT2D eigenvalue weighted by atomic mass is 35.5. The lowest BCUT2D eigenvalue weighted by Gasteiger charge is -1.98.